The number of likely N-dealkylation sites (tertiary alicyclic amines) is 1. The van der Waals surface area contributed by atoms with Gasteiger partial charge in [-0.25, -0.2) is 0 Å². The number of carboxylic acids is 1. The molecule has 2 rings (SSSR count). The highest BCUT2D eigenvalue weighted by Crippen LogP contribution is 2.31. The van der Waals surface area contributed by atoms with Crippen LogP contribution in [0.25, 0.3) is 0 Å². The lowest BCUT2D eigenvalue weighted by atomic mass is 9.80. The normalized spacial score (nSPS) is 29.6. The molecule has 0 spiro atoms. The lowest BCUT2D eigenvalue weighted by Gasteiger charge is -2.39. The van der Waals surface area contributed by atoms with E-state index in [1.165, 1.54) is 7.11 Å². The van der Waals surface area contributed by atoms with Crippen molar-refractivity contribution >= 4 is 11.9 Å². The quantitative estimate of drug-likeness (QED) is 0.799. The molecular weight excluding hydrogens is 274 g/mol. The second-order valence-corrected chi connectivity index (χ2v) is 6.11. The highest BCUT2D eigenvalue weighted by Gasteiger charge is 2.43. The Labute approximate surface area is 125 Å². The molecule has 2 unspecified atom stereocenters. The van der Waals surface area contributed by atoms with Gasteiger partial charge in [0.25, 0.3) is 0 Å². The van der Waals surface area contributed by atoms with E-state index in [2.05, 4.69) is 0 Å². The molecule has 120 valence electrons. The minimum absolute atomic E-state index is 0.0342. The fraction of sp³-hybridized carbons (Fsp3) is 0.867. The molecule has 6 nitrogen and oxygen atoms in total. The lowest BCUT2D eigenvalue weighted by Crippen LogP contribution is -2.52. The Kier molecular flexibility index (Phi) is 5.58. The summed E-state index contributed by atoms with van der Waals surface area (Å²) < 4.78 is 10.6. The summed E-state index contributed by atoms with van der Waals surface area (Å²) in [5.74, 6) is -0.840. The monoisotopic (exact) mass is 299 g/mol. The van der Waals surface area contributed by atoms with E-state index in [4.69, 9.17) is 9.47 Å². The van der Waals surface area contributed by atoms with Gasteiger partial charge in [-0.1, -0.05) is 0 Å². The van der Waals surface area contributed by atoms with Crippen LogP contribution >= 0.6 is 0 Å². The molecule has 0 radical (unpaired) electrons. The maximum atomic E-state index is 12.3. The van der Waals surface area contributed by atoms with Crippen molar-refractivity contribution in [2.45, 2.75) is 44.6 Å². The lowest BCUT2D eigenvalue weighted by molar-refractivity contribution is -0.159. The Bertz CT molecular complexity index is 376. The summed E-state index contributed by atoms with van der Waals surface area (Å²) in [5, 5.41) is 9.48. The van der Waals surface area contributed by atoms with Crippen LogP contribution in [-0.2, 0) is 19.1 Å². The van der Waals surface area contributed by atoms with Crippen molar-refractivity contribution in [1.82, 2.24) is 4.90 Å². The smallest absolute Gasteiger partial charge is 0.313 e. The standard InChI is InChI=1S/C15H25NO5/c1-20-11-15(14(18)19)7-3-8-16(10-15)13(17)6-5-12-4-2-9-21-12/h12H,2-11H2,1H3,(H,18,19). The number of methoxy groups -OCH3 is 1. The number of hydrogen-bond donors (Lipinski definition) is 1. The predicted molar refractivity (Wildman–Crippen MR) is 76.0 cm³/mol. The number of carbonyl (C=O) groups is 2. The first-order valence-corrected chi connectivity index (χ1v) is 7.69. The van der Waals surface area contributed by atoms with Crippen molar-refractivity contribution in [3.05, 3.63) is 0 Å². The first-order valence-electron chi connectivity index (χ1n) is 7.69. The van der Waals surface area contributed by atoms with Gasteiger partial charge in [-0.15, -0.1) is 0 Å². The number of nitrogens with zero attached hydrogens (tertiary/aromatic N) is 1. The summed E-state index contributed by atoms with van der Waals surface area (Å²) in [5.41, 5.74) is -0.952. The maximum absolute atomic E-state index is 12.3. The van der Waals surface area contributed by atoms with Gasteiger partial charge in [-0.05, 0) is 32.1 Å². The Morgan fingerprint density at radius 1 is 1.43 bits per heavy atom. The van der Waals surface area contributed by atoms with Crippen LogP contribution in [0.15, 0.2) is 0 Å². The van der Waals surface area contributed by atoms with Gasteiger partial charge < -0.3 is 19.5 Å². The van der Waals surface area contributed by atoms with Crippen LogP contribution in [-0.4, -0.2) is 61.4 Å². The number of piperidine rings is 1. The highest BCUT2D eigenvalue weighted by atomic mass is 16.5. The number of rotatable bonds is 6. The van der Waals surface area contributed by atoms with E-state index in [9.17, 15) is 14.7 Å². The third-order valence-electron chi connectivity index (χ3n) is 4.51. The van der Waals surface area contributed by atoms with Crippen molar-refractivity contribution in [1.29, 1.82) is 0 Å². The number of hydrogen-bond acceptors (Lipinski definition) is 4. The van der Waals surface area contributed by atoms with Gasteiger partial charge in [-0.3, -0.25) is 9.59 Å². The second-order valence-electron chi connectivity index (χ2n) is 6.11. The summed E-state index contributed by atoms with van der Waals surface area (Å²) in [6.45, 7) is 1.83. The van der Waals surface area contributed by atoms with Crippen molar-refractivity contribution < 1.29 is 24.2 Å². The van der Waals surface area contributed by atoms with Crippen molar-refractivity contribution in [3.63, 3.8) is 0 Å². The average Bonchev–Trinajstić information content (AvgIpc) is 2.98. The summed E-state index contributed by atoms with van der Waals surface area (Å²) in [6.07, 6.45) is 4.73. The van der Waals surface area contributed by atoms with Gasteiger partial charge >= 0.3 is 5.97 Å². The summed E-state index contributed by atoms with van der Waals surface area (Å²) in [6, 6.07) is 0. The summed E-state index contributed by atoms with van der Waals surface area (Å²) in [7, 11) is 1.50. The molecule has 2 aliphatic rings. The topological polar surface area (TPSA) is 76.1 Å². The second kappa shape index (κ2) is 7.22. The Morgan fingerprint density at radius 3 is 2.86 bits per heavy atom. The van der Waals surface area contributed by atoms with E-state index in [1.807, 2.05) is 0 Å². The molecule has 0 bridgehead atoms. The molecule has 1 amide bonds. The van der Waals surface area contributed by atoms with Gasteiger partial charge in [0.2, 0.25) is 5.91 Å². The molecule has 2 fully saturated rings. The molecule has 21 heavy (non-hydrogen) atoms. The van der Waals surface area contributed by atoms with Gasteiger partial charge in [0.1, 0.15) is 5.41 Å². The number of ether oxygens (including phenoxy) is 2. The number of carboxylic acid groups (broad SMARTS) is 1. The minimum Gasteiger partial charge on any atom is -0.481 e. The molecule has 6 heteroatoms. The fourth-order valence-electron chi connectivity index (χ4n) is 3.29. The Hall–Kier alpha value is -1.14. The molecular formula is C15H25NO5. The van der Waals surface area contributed by atoms with Gasteiger partial charge in [-0.2, -0.15) is 0 Å². The van der Waals surface area contributed by atoms with Crippen LogP contribution in [0.1, 0.15) is 38.5 Å². The molecule has 1 N–H and O–H groups in total. The van der Waals surface area contributed by atoms with Crippen molar-refractivity contribution in [3.8, 4) is 0 Å². The largest absolute Gasteiger partial charge is 0.481 e. The maximum Gasteiger partial charge on any atom is 0.313 e. The molecule has 2 aliphatic heterocycles. The SMILES string of the molecule is COCC1(C(=O)O)CCCN(C(=O)CCC2CCCO2)C1. The highest BCUT2D eigenvalue weighted by molar-refractivity contribution is 5.79. The minimum atomic E-state index is -0.952. The molecule has 0 aromatic heterocycles. The number of amides is 1. The van der Waals surface area contributed by atoms with Crippen molar-refractivity contribution in [2.24, 2.45) is 5.41 Å². The number of carbonyl (C=O) groups excluding carboxylic acids is 1. The Balaban J connectivity index is 1.89. The zero-order valence-corrected chi connectivity index (χ0v) is 12.7. The third kappa shape index (κ3) is 3.95. The third-order valence-corrected chi connectivity index (χ3v) is 4.51. The van der Waals surface area contributed by atoms with E-state index in [0.717, 1.165) is 25.9 Å². The van der Waals surface area contributed by atoms with Gasteiger partial charge in [0, 0.05) is 33.2 Å². The average molecular weight is 299 g/mol. The molecule has 0 aliphatic carbocycles. The van der Waals surface area contributed by atoms with E-state index in [-0.39, 0.29) is 25.2 Å². The van der Waals surface area contributed by atoms with Crippen molar-refractivity contribution in [2.75, 3.05) is 33.4 Å². The molecule has 0 aromatic carbocycles. The summed E-state index contributed by atoms with van der Waals surface area (Å²) in [4.78, 5) is 25.6. The van der Waals surface area contributed by atoms with Crippen LogP contribution in [0.2, 0.25) is 0 Å². The van der Waals surface area contributed by atoms with Crippen LogP contribution in [0.5, 0.6) is 0 Å². The van der Waals surface area contributed by atoms with Gasteiger partial charge in [0.05, 0.1) is 12.7 Å². The van der Waals surface area contributed by atoms with E-state index in [1.54, 1.807) is 4.90 Å². The van der Waals surface area contributed by atoms with Crippen LogP contribution in [0.3, 0.4) is 0 Å². The molecule has 2 saturated heterocycles. The molecule has 0 aromatic rings. The molecule has 2 atom stereocenters. The first-order chi connectivity index (χ1) is 10.1. The molecule has 0 saturated carbocycles. The fourth-order valence-corrected chi connectivity index (χ4v) is 3.29. The predicted octanol–water partition coefficient (Wildman–Crippen LogP) is 1.29. The van der Waals surface area contributed by atoms with Crippen LogP contribution in [0.4, 0.5) is 0 Å². The van der Waals surface area contributed by atoms with E-state index < -0.39 is 11.4 Å². The Morgan fingerprint density at radius 2 is 2.24 bits per heavy atom. The molecule has 2 heterocycles. The van der Waals surface area contributed by atoms with E-state index >= 15 is 0 Å². The summed E-state index contributed by atoms with van der Waals surface area (Å²) >= 11 is 0. The number of aliphatic carboxylic acids is 1. The van der Waals surface area contributed by atoms with Crippen LogP contribution in [0, 0.1) is 5.41 Å². The zero-order valence-electron chi connectivity index (χ0n) is 12.7. The van der Waals surface area contributed by atoms with Crippen LogP contribution < -0.4 is 0 Å². The van der Waals surface area contributed by atoms with Gasteiger partial charge in [0.15, 0.2) is 0 Å². The van der Waals surface area contributed by atoms with E-state index in [0.29, 0.717) is 25.8 Å². The zero-order chi connectivity index (χ0) is 15.3. The first kappa shape index (κ1) is 16.2.